The fourth-order valence-electron chi connectivity index (χ4n) is 1.42. The zero-order chi connectivity index (χ0) is 13.1. The third-order valence-electron chi connectivity index (χ3n) is 2.25. The van der Waals surface area contributed by atoms with Gasteiger partial charge in [-0.25, -0.2) is 4.68 Å². The molecule has 96 valence electrons. The van der Waals surface area contributed by atoms with Gasteiger partial charge in [0, 0.05) is 0 Å². The predicted octanol–water partition coefficient (Wildman–Crippen LogP) is 1.40. The molecule has 0 saturated carbocycles. The first kappa shape index (κ1) is 11.8. The fraction of sp³-hybridized carbons (Fsp3) is 0.0909. The largest absolute Gasteiger partial charge is 0.393 e. The number of rotatable bonds is 4. The number of ether oxygens (including phenoxy) is 1. The molecule has 0 aliphatic carbocycles. The molecule has 8 heteroatoms. The first-order valence-corrected chi connectivity index (χ1v) is 6.25. The summed E-state index contributed by atoms with van der Waals surface area (Å²) in [4.78, 5) is 4.03. The number of hydrogen-bond donors (Lipinski definition) is 1. The average molecular weight is 275 g/mol. The number of aliphatic hydroxyl groups is 1. The Hall–Kier alpha value is -2.32. The lowest BCUT2D eigenvalue weighted by molar-refractivity contribution is 0.280. The Balaban J connectivity index is 1.78. The number of hydrogen-bond acceptors (Lipinski definition) is 7. The van der Waals surface area contributed by atoms with E-state index < -0.39 is 0 Å². The number of nitrogens with zero attached hydrogens (tertiary/aromatic N) is 5. The summed E-state index contributed by atoms with van der Waals surface area (Å²) in [5, 5.41) is 21.3. The smallest absolute Gasteiger partial charge is 0.343 e. The molecule has 2 heterocycles. The van der Waals surface area contributed by atoms with Crippen LogP contribution in [0.15, 0.2) is 36.7 Å². The van der Waals surface area contributed by atoms with Crippen LogP contribution in [0.1, 0.15) is 5.01 Å². The molecule has 0 amide bonds. The van der Waals surface area contributed by atoms with E-state index in [1.165, 1.54) is 0 Å². The molecule has 3 rings (SSSR count). The highest BCUT2D eigenvalue weighted by Crippen LogP contribution is 2.22. The van der Waals surface area contributed by atoms with Crippen molar-refractivity contribution < 1.29 is 9.84 Å². The van der Waals surface area contributed by atoms with Crippen LogP contribution in [0.25, 0.3) is 5.69 Å². The van der Waals surface area contributed by atoms with Crippen LogP contribution in [-0.2, 0) is 6.61 Å². The van der Waals surface area contributed by atoms with E-state index in [1.807, 2.05) is 30.3 Å². The van der Waals surface area contributed by atoms with Crippen LogP contribution in [0, 0.1) is 0 Å². The number of aromatic nitrogens is 5. The van der Waals surface area contributed by atoms with Gasteiger partial charge in [-0.2, -0.15) is 4.98 Å². The maximum Gasteiger partial charge on any atom is 0.343 e. The summed E-state index contributed by atoms with van der Waals surface area (Å²) in [6, 6.07) is 9.76. The molecular weight excluding hydrogens is 266 g/mol. The maximum atomic E-state index is 8.89. The van der Waals surface area contributed by atoms with E-state index >= 15 is 0 Å². The molecule has 0 radical (unpaired) electrons. The Morgan fingerprint density at radius 2 is 2.05 bits per heavy atom. The van der Waals surface area contributed by atoms with E-state index in [2.05, 4.69) is 20.3 Å². The van der Waals surface area contributed by atoms with Gasteiger partial charge in [-0.15, -0.1) is 10.2 Å². The highest BCUT2D eigenvalue weighted by atomic mass is 32.1. The van der Waals surface area contributed by atoms with Crippen LogP contribution in [0.5, 0.6) is 11.2 Å². The molecule has 0 atom stereocenters. The van der Waals surface area contributed by atoms with Crippen molar-refractivity contribution in [3.63, 3.8) is 0 Å². The summed E-state index contributed by atoms with van der Waals surface area (Å²) in [5.41, 5.74) is 0.887. The second-order valence-electron chi connectivity index (χ2n) is 3.53. The molecule has 0 bridgehead atoms. The topological polar surface area (TPSA) is 86.0 Å². The van der Waals surface area contributed by atoms with Gasteiger partial charge in [0.2, 0.25) is 0 Å². The Morgan fingerprint density at radius 1 is 1.21 bits per heavy atom. The summed E-state index contributed by atoms with van der Waals surface area (Å²) in [5.74, 6) is 0. The van der Waals surface area contributed by atoms with Crippen LogP contribution >= 0.6 is 11.3 Å². The number of aliphatic hydroxyl groups excluding tert-OH is 1. The van der Waals surface area contributed by atoms with Gasteiger partial charge in [0.25, 0.3) is 0 Å². The van der Waals surface area contributed by atoms with Crippen molar-refractivity contribution in [2.45, 2.75) is 6.61 Å². The van der Waals surface area contributed by atoms with Crippen LogP contribution < -0.4 is 4.74 Å². The number of benzene rings is 1. The molecule has 0 spiro atoms. The standard InChI is InChI=1S/C11H9N5O2S/c17-6-9-13-14-11(19-9)18-10-12-7-16(15-10)8-4-2-1-3-5-8/h1-5,7,17H,6H2. The van der Waals surface area contributed by atoms with Gasteiger partial charge in [0.05, 0.1) is 12.3 Å². The molecule has 0 aliphatic rings. The first-order valence-electron chi connectivity index (χ1n) is 5.43. The molecule has 1 aromatic carbocycles. The molecule has 7 nitrogen and oxygen atoms in total. The van der Waals surface area contributed by atoms with E-state index in [0.717, 1.165) is 17.0 Å². The van der Waals surface area contributed by atoms with E-state index in [0.29, 0.717) is 10.2 Å². The van der Waals surface area contributed by atoms with Crippen molar-refractivity contribution >= 4 is 11.3 Å². The lowest BCUT2D eigenvalue weighted by Gasteiger charge is -1.97. The Labute approximate surface area is 112 Å². The minimum absolute atomic E-state index is 0.160. The van der Waals surface area contributed by atoms with Crippen molar-refractivity contribution in [2.75, 3.05) is 0 Å². The van der Waals surface area contributed by atoms with Crippen molar-refractivity contribution in [3.8, 4) is 16.9 Å². The SMILES string of the molecule is OCc1nnc(Oc2ncn(-c3ccccc3)n2)s1. The Bertz CT molecular complexity index is 667. The van der Waals surface area contributed by atoms with Gasteiger partial charge in [-0.05, 0) is 12.1 Å². The maximum absolute atomic E-state index is 8.89. The third-order valence-corrected chi connectivity index (χ3v) is 3.04. The van der Waals surface area contributed by atoms with Crippen LogP contribution in [0.2, 0.25) is 0 Å². The van der Waals surface area contributed by atoms with Gasteiger partial charge in [-0.1, -0.05) is 34.6 Å². The van der Waals surface area contributed by atoms with E-state index in [9.17, 15) is 0 Å². The second kappa shape index (κ2) is 5.12. The first-order chi connectivity index (χ1) is 9.35. The second-order valence-corrected chi connectivity index (χ2v) is 4.55. The van der Waals surface area contributed by atoms with Crippen molar-refractivity contribution in [1.29, 1.82) is 0 Å². The summed E-state index contributed by atoms with van der Waals surface area (Å²) in [7, 11) is 0. The zero-order valence-electron chi connectivity index (χ0n) is 9.67. The highest BCUT2D eigenvalue weighted by Gasteiger charge is 2.09. The normalized spacial score (nSPS) is 10.6. The van der Waals surface area contributed by atoms with E-state index in [1.54, 1.807) is 11.0 Å². The minimum Gasteiger partial charge on any atom is -0.393 e. The molecule has 3 aromatic rings. The van der Waals surface area contributed by atoms with Gasteiger partial charge < -0.3 is 9.84 Å². The highest BCUT2D eigenvalue weighted by molar-refractivity contribution is 7.13. The molecule has 0 saturated heterocycles. The molecule has 0 aliphatic heterocycles. The minimum atomic E-state index is -0.160. The zero-order valence-corrected chi connectivity index (χ0v) is 10.5. The summed E-state index contributed by atoms with van der Waals surface area (Å²) in [6.07, 6.45) is 1.55. The summed E-state index contributed by atoms with van der Waals surface area (Å²) < 4.78 is 6.95. The van der Waals surface area contributed by atoms with Crippen molar-refractivity contribution in [3.05, 3.63) is 41.7 Å². The van der Waals surface area contributed by atoms with Gasteiger partial charge in [-0.3, -0.25) is 0 Å². The Morgan fingerprint density at radius 3 is 2.79 bits per heavy atom. The van der Waals surface area contributed by atoms with E-state index in [-0.39, 0.29) is 12.6 Å². The summed E-state index contributed by atoms with van der Waals surface area (Å²) in [6.45, 7) is -0.160. The predicted molar refractivity (Wildman–Crippen MR) is 67.3 cm³/mol. The monoisotopic (exact) mass is 275 g/mol. The lowest BCUT2D eigenvalue weighted by Crippen LogP contribution is -1.94. The third kappa shape index (κ3) is 2.59. The molecule has 1 N–H and O–H groups in total. The molecule has 2 aromatic heterocycles. The molecular formula is C11H9N5O2S. The van der Waals surface area contributed by atoms with Gasteiger partial charge in [0.15, 0.2) is 0 Å². The van der Waals surface area contributed by atoms with Gasteiger partial charge in [0.1, 0.15) is 11.3 Å². The van der Waals surface area contributed by atoms with Crippen molar-refractivity contribution in [1.82, 2.24) is 25.0 Å². The van der Waals surface area contributed by atoms with Crippen LogP contribution in [0.3, 0.4) is 0 Å². The lowest BCUT2D eigenvalue weighted by atomic mass is 10.3. The fourth-order valence-corrected chi connectivity index (χ4v) is 1.97. The molecule has 19 heavy (non-hydrogen) atoms. The van der Waals surface area contributed by atoms with Crippen LogP contribution in [0.4, 0.5) is 0 Å². The quantitative estimate of drug-likeness (QED) is 0.774. The molecule has 0 unspecified atom stereocenters. The molecule has 0 fully saturated rings. The van der Waals surface area contributed by atoms with Gasteiger partial charge >= 0.3 is 11.2 Å². The Kier molecular flexibility index (Phi) is 3.17. The summed E-state index contributed by atoms with van der Waals surface area (Å²) >= 11 is 1.15. The average Bonchev–Trinajstić information content (AvgIpc) is 3.09. The van der Waals surface area contributed by atoms with Crippen LogP contribution in [-0.4, -0.2) is 30.1 Å². The number of para-hydroxylation sites is 1. The van der Waals surface area contributed by atoms with Crippen molar-refractivity contribution in [2.24, 2.45) is 0 Å². The van der Waals surface area contributed by atoms with E-state index in [4.69, 9.17) is 9.84 Å².